The number of nitrogens with zero attached hydrogens (tertiary/aromatic N) is 1. The van der Waals surface area contributed by atoms with Gasteiger partial charge in [-0.1, -0.05) is 13.8 Å². The van der Waals surface area contributed by atoms with Crippen LogP contribution in [0.4, 0.5) is 0 Å². The van der Waals surface area contributed by atoms with E-state index in [1.54, 1.807) is 0 Å². The van der Waals surface area contributed by atoms with Crippen LogP contribution in [0.3, 0.4) is 0 Å². The van der Waals surface area contributed by atoms with Crippen LogP contribution in [0.1, 0.15) is 26.7 Å². The van der Waals surface area contributed by atoms with Gasteiger partial charge in [-0.2, -0.15) is 0 Å². The topological polar surface area (TPSA) is 52.6 Å². The first kappa shape index (κ1) is 13.5. The largest absolute Gasteiger partial charge is 0.396 e. The predicted molar refractivity (Wildman–Crippen MR) is 64.1 cm³/mol. The first-order chi connectivity index (χ1) is 7.69. The van der Waals surface area contributed by atoms with E-state index in [1.807, 2.05) is 18.7 Å². The summed E-state index contributed by atoms with van der Waals surface area (Å²) in [6.07, 6.45) is 1.87. The van der Waals surface area contributed by atoms with E-state index < -0.39 is 0 Å². The maximum atomic E-state index is 12.0. The van der Waals surface area contributed by atoms with E-state index in [4.69, 9.17) is 5.11 Å². The molecule has 1 rings (SSSR count). The van der Waals surface area contributed by atoms with Crippen LogP contribution in [-0.2, 0) is 4.79 Å². The summed E-state index contributed by atoms with van der Waals surface area (Å²) in [5.41, 5.74) is 0. The smallest absolute Gasteiger partial charge is 0.226 e. The third-order valence-corrected chi connectivity index (χ3v) is 3.26. The first-order valence-corrected chi connectivity index (χ1v) is 6.29. The van der Waals surface area contributed by atoms with Crippen LogP contribution in [-0.4, -0.2) is 48.7 Å². The lowest BCUT2D eigenvalue weighted by molar-refractivity contribution is -0.133. The molecule has 2 N–H and O–H groups in total. The van der Waals surface area contributed by atoms with Crippen LogP contribution in [0.25, 0.3) is 0 Å². The molecule has 1 fully saturated rings. The second-order valence-electron chi connectivity index (χ2n) is 4.66. The minimum absolute atomic E-state index is 0.0628. The summed E-state index contributed by atoms with van der Waals surface area (Å²) in [6, 6.07) is 0. The van der Waals surface area contributed by atoms with E-state index in [1.165, 1.54) is 0 Å². The SMILES string of the molecule is CCNCC(C)C(=O)N1CCC(CCO)C1. The van der Waals surface area contributed by atoms with Crippen molar-refractivity contribution in [3.63, 3.8) is 0 Å². The lowest BCUT2D eigenvalue weighted by Gasteiger charge is -2.21. The van der Waals surface area contributed by atoms with Gasteiger partial charge in [-0.05, 0) is 25.3 Å². The molecule has 4 heteroatoms. The molecule has 2 atom stereocenters. The Labute approximate surface area is 98.0 Å². The second kappa shape index (κ2) is 6.86. The molecule has 0 radical (unpaired) electrons. The summed E-state index contributed by atoms with van der Waals surface area (Å²) in [5, 5.41) is 12.1. The Morgan fingerprint density at radius 2 is 2.38 bits per heavy atom. The molecule has 94 valence electrons. The number of carbonyl (C=O) groups is 1. The Bertz CT molecular complexity index is 221. The highest BCUT2D eigenvalue weighted by atomic mass is 16.3. The summed E-state index contributed by atoms with van der Waals surface area (Å²) >= 11 is 0. The van der Waals surface area contributed by atoms with Gasteiger partial charge in [-0.15, -0.1) is 0 Å². The monoisotopic (exact) mass is 228 g/mol. The number of likely N-dealkylation sites (tertiary alicyclic amines) is 1. The van der Waals surface area contributed by atoms with E-state index >= 15 is 0 Å². The third-order valence-electron chi connectivity index (χ3n) is 3.26. The standard InChI is InChI=1S/C12H24N2O2/c1-3-13-8-10(2)12(16)14-6-4-11(9-14)5-7-15/h10-11,13,15H,3-9H2,1-2H3. The zero-order valence-electron chi connectivity index (χ0n) is 10.4. The van der Waals surface area contributed by atoms with Crippen LogP contribution in [0, 0.1) is 11.8 Å². The maximum absolute atomic E-state index is 12.0. The van der Waals surface area contributed by atoms with Gasteiger partial charge in [0.2, 0.25) is 5.91 Å². The number of amides is 1. The third kappa shape index (κ3) is 3.76. The number of hydrogen-bond donors (Lipinski definition) is 2. The van der Waals surface area contributed by atoms with Gasteiger partial charge in [0.15, 0.2) is 0 Å². The van der Waals surface area contributed by atoms with Crippen molar-refractivity contribution in [3.05, 3.63) is 0 Å². The lowest BCUT2D eigenvalue weighted by atomic mass is 10.1. The second-order valence-corrected chi connectivity index (χ2v) is 4.66. The van der Waals surface area contributed by atoms with Crippen LogP contribution >= 0.6 is 0 Å². The van der Waals surface area contributed by atoms with Crippen molar-refractivity contribution < 1.29 is 9.90 Å². The quantitative estimate of drug-likeness (QED) is 0.694. The normalized spacial score (nSPS) is 22.4. The average Bonchev–Trinajstić information content (AvgIpc) is 2.74. The van der Waals surface area contributed by atoms with Crippen molar-refractivity contribution in [1.82, 2.24) is 10.2 Å². The molecule has 1 aliphatic rings. The van der Waals surface area contributed by atoms with Crippen molar-refractivity contribution in [3.8, 4) is 0 Å². The molecule has 0 aromatic rings. The van der Waals surface area contributed by atoms with Gasteiger partial charge in [-0.25, -0.2) is 0 Å². The highest BCUT2D eigenvalue weighted by molar-refractivity contribution is 5.79. The van der Waals surface area contributed by atoms with Crippen LogP contribution < -0.4 is 5.32 Å². The Balaban J connectivity index is 2.32. The van der Waals surface area contributed by atoms with E-state index in [2.05, 4.69) is 5.32 Å². The Kier molecular flexibility index (Phi) is 5.77. The minimum Gasteiger partial charge on any atom is -0.396 e. The first-order valence-electron chi connectivity index (χ1n) is 6.29. The Morgan fingerprint density at radius 1 is 1.62 bits per heavy atom. The lowest BCUT2D eigenvalue weighted by Crippen LogP contribution is -2.37. The fourth-order valence-corrected chi connectivity index (χ4v) is 2.21. The molecule has 0 aromatic carbocycles. The Morgan fingerprint density at radius 3 is 3.00 bits per heavy atom. The van der Waals surface area contributed by atoms with Gasteiger partial charge in [0.25, 0.3) is 0 Å². The summed E-state index contributed by atoms with van der Waals surface area (Å²) in [6.45, 7) is 7.62. The van der Waals surface area contributed by atoms with E-state index in [0.717, 1.165) is 39.0 Å². The summed E-state index contributed by atoms with van der Waals surface area (Å²) < 4.78 is 0. The molecular weight excluding hydrogens is 204 g/mol. The van der Waals surface area contributed by atoms with Crippen molar-refractivity contribution in [1.29, 1.82) is 0 Å². The molecule has 0 aromatic heterocycles. The van der Waals surface area contributed by atoms with E-state index in [-0.39, 0.29) is 18.4 Å². The van der Waals surface area contributed by atoms with Crippen LogP contribution in [0.5, 0.6) is 0 Å². The van der Waals surface area contributed by atoms with Gasteiger partial charge < -0.3 is 15.3 Å². The van der Waals surface area contributed by atoms with Crippen LogP contribution in [0.2, 0.25) is 0 Å². The van der Waals surface area contributed by atoms with Crippen molar-refractivity contribution in [2.24, 2.45) is 11.8 Å². The number of rotatable bonds is 6. The predicted octanol–water partition coefficient (Wildman–Crippen LogP) is 0.463. The number of hydrogen-bond acceptors (Lipinski definition) is 3. The van der Waals surface area contributed by atoms with Crippen molar-refractivity contribution >= 4 is 5.91 Å². The van der Waals surface area contributed by atoms with Gasteiger partial charge in [0.05, 0.1) is 0 Å². The van der Waals surface area contributed by atoms with Gasteiger partial charge in [0.1, 0.15) is 0 Å². The number of aliphatic hydroxyl groups is 1. The molecule has 4 nitrogen and oxygen atoms in total. The van der Waals surface area contributed by atoms with Gasteiger partial charge in [0, 0.05) is 32.2 Å². The number of nitrogens with one attached hydrogen (secondary N) is 1. The van der Waals surface area contributed by atoms with Crippen molar-refractivity contribution in [2.75, 3.05) is 32.8 Å². The summed E-state index contributed by atoms with van der Waals surface area (Å²) in [4.78, 5) is 14.0. The van der Waals surface area contributed by atoms with E-state index in [0.29, 0.717) is 5.92 Å². The molecular formula is C12H24N2O2. The fourth-order valence-electron chi connectivity index (χ4n) is 2.21. The molecule has 0 bridgehead atoms. The molecule has 2 unspecified atom stereocenters. The molecule has 0 spiro atoms. The number of aliphatic hydroxyl groups excluding tert-OH is 1. The van der Waals surface area contributed by atoms with Gasteiger partial charge >= 0.3 is 0 Å². The molecule has 1 aliphatic heterocycles. The zero-order valence-corrected chi connectivity index (χ0v) is 10.4. The van der Waals surface area contributed by atoms with E-state index in [9.17, 15) is 4.79 Å². The number of carbonyl (C=O) groups excluding carboxylic acids is 1. The maximum Gasteiger partial charge on any atom is 0.226 e. The average molecular weight is 228 g/mol. The fraction of sp³-hybridized carbons (Fsp3) is 0.917. The summed E-state index contributed by atoms with van der Waals surface area (Å²) in [5.74, 6) is 0.814. The molecule has 0 aliphatic carbocycles. The van der Waals surface area contributed by atoms with Crippen LogP contribution in [0.15, 0.2) is 0 Å². The molecule has 16 heavy (non-hydrogen) atoms. The highest BCUT2D eigenvalue weighted by Crippen LogP contribution is 2.20. The molecule has 1 heterocycles. The van der Waals surface area contributed by atoms with Gasteiger partial charge in [-0.3, -0.25) is 4.79 Å². The zero-order chi connectivity index (χ0) is 12.0. The summed E-state index contributed by atoms with van der Waals surface area (Å²) in [7, 11) is 0. The Hall–Kier alpha value is -0.610. The minimum atomic E-state index is 0.0628. The highest BCUT2D eigenvalue weighted by Gasteiger charge is 2.28. The molecule has 1 saturated heterocycles. The molecule has 1 amide bonds. The molecule has 0 saturated carbocycles. The van der Waals surface area contributed by atoms with Crippen molar-refractivity contribution in [2.45, 2.75) is 26.7 Å².